The van der Waals surface area contributed by atoms with E-state index in [2.05, 4.69) is 4.37 Å². The van der Waals surface area contributed by atoms with E-state index in [1.54, 1.807) is 0 Å². The van der Waals surface area contributed by atoms with Gasteiger partial charge in [0.15, 0.2) is 0 Å². The molecule has 0 spiro atoms. The Morgan fingerprint density at radius 3 is 2.34 bits per heavy atom. The Hall–Kier alpha value is -3.00. The SMILES string of the molecule is Cn1c(C(F)(F)F)cc(=O)n(-c2ccc3snc(C(C)(C)C(=O)NS(C)(=O)=O)c3c2)c1=O. The number of hydrogen-bond donors (Lipinski definition) is 1. The normalized spacial score (nSPS) is 12.8. The molecule has 0 unspecified atom stereocenters. The molecule has 1 N–H and O–H groups in total. The minimum Gasteiger partial charge on any atom is -0.292 e. The molecule has 2 heterocycles. The molecule has 0 bridgehead atoms. The number of fused-ring (bicyclic) bond motifs is 1. The minimum absolute atomic E-state index is 0.0300. The molecule has 0 saturated carbocycles. The van der Waals surface area contributed by atoms with Gasteiger partial charge >= 0.3 is 11.9 Å². The van der Waals surface area contributed by atoms with Crippen molar-refractivity contribution in [3.63, 3.8) is 0 Å². The van der Waals surface area contributed by atoms with Crippen LogP contribution in [0.4, 0.5) is 13.2 Å². The van der Waals surface area contributed by atoms with Gasteiger partial charge in [-0.3, -0.25) is 18.9 Å². The quantitative estimate of drug-likeness (QED) is 0.592. The number of carbonyl (C=O) groups excluding carboxylic acids is 1. The number of rotatable bonds is 4. The molecule has 0 fully saturated rings. The first-order valence-corrected chi connectivity index (χ1v) is 11.5. The Morgan fingerprint density at radius 2 is 1.78 bits per heavy atom. The zero-order valence-corrected chi connectivity index (χ0v) is 18.8. The molecule has 14 heteroatoms. The lowest BCUT2D eigenvalue weighted by Gasteiger charge is -2.21. The Kier molecular flexibility index (Phi) is 5.58. The van der Waals surface area contributed by atoms with Crippen molar-refractivity contribution in [2.24, 2.45) is 7.05 Å². The van der Waals surface area contributed by atoms with Crippen LogP contribution in [0.3, 0.4) is 0 Å². The van der Waals surface area contributed by atoms with Crippen LogP contribution in [0, 0.1) is 0 Å². The van der Waals surface area contributed by atoms with Gasteiger partial charge in [-0.25, -0.2) is 17.8 Å². The maximum Gasteiger partial charge on any atom is 0.431 e. The minimum atomic E-state index is -4.89. The maximum absolute atomic E-state index is 13.1. The Labute approximate surface area is 183 Å². The second-order valence-electron chi connectivity index (χ2n) is 7.58. The van der Waals surface area contributed by atoms with Crippen LogP contribution in [0.2, 0.25) is 0 Å². The third-order valence-electron chi connectivity index (χ3n) is 4.76. The molecule has 0 saturated heterocycles. The predicted molar refractivity (Wildman–Crippen MR) is 111 cm³/mol. The third-order valence-corrected chi connectivity index (χ3v) is 6.14. The van der Waals surface area contributed by atoms with E-state index in [0.717, 1.165) is 24.8 Å². The van der Waals surface area contributed by atoms with E-state index in [0.29, 0.717) is 25.3 Å². The van der Waals surface area contributed by atoms with Gasteiger partial charge in [-0.2, -0.15) is 17.5 Å². The van der Waals surface area contributed by atoms with E-state index < -0.39 is 44.5 Å². The fourth-order valence-electron chi connectivity index (χ4n) is 3.06. The van der Waals surface area contributed by atoms with Crippen molar-refractivity contribution in [3.8, 4) is 5.69 Å². The summed E-state index contributed by atoms with van der Waals surface area (Å²) in [5.74, 6) is -0.847. The number of benzene rings is 1. The molecule has 0 aliphatic rings. The number of aromatic nitrogens is 3. The number of nitrogens with zero attached hydrogens (tertiary/aromatic N) is 3. The first-order valence-electron chi connectivity index (χ1n) is 8.87. The Morgan fingerprint density at radius 1 is 1.16 bits per heavy atom. The molecule has 3 aromatic rings. The highest BCUT2D eigenvalue weighted by Crippen LogP contribution is 2.34. The zero-order valence-electron chi connectivity index (χ0n) is 17.1. The van der Waals surface area contributed by atoms with E-state index in [-0.39, 0.29) is 11.4 Å². The van der Waals surface area contributed by atoms with Crippen LogP contribution in [0.25, 0.3) is 15.8 Å². The molecule has 0 atom stereocenters. The van der Waals surface area contributed by atoms with Crippen LogP contribution in [-0.4, -0.2) is 34.1 Å². The van der Waals surface area contributed by atoms with Crippen molar-refractivity contribution in [3.05, 3.63) is 56.5 Å². The van der Waals surface area contributed by atoms with Crippen LogP contribution in [0.15, 0.2) is 33.9 Å². The smallest absolute Gasteiger partial charge is 0.292 e. The number of sulfonamides is 1. The van der Waals surface area contributed by atoms with Gasteiger partial charge in [-0.05, 0) is 43.6 Å². The van der Waals surface area contributed by atoms with Gasteiger partial charge in [0.2, 0.25) is 15.9 Å². The molecule has 0 aliphatic heterocycles. The summed E-state index contributed by atoms with van der Waals surface area (Å²) in [6, 6.07) is 4.53. The molecular weight excluding hydrogens is 473 g/mol. The van der Waals surface area contributed by atoms with Crippen molar-refractivity contribution in [1.82, 2.24) is 18.2 Å². The summed E-state index contributed by atoms with van der Waals surface area (Å²) in [6.07, 6.45) is -4.07. The highest BCUT2D eigenvalue weighted by molar-refractivity contribution is 7.89. The number of halogens is 3. The molecule has 1 amide bonds. The molecule has 1 aromatic carbocycles. The summed E-state index contributed by atoms with van der Waals surface area (Å²) in [7, 11) is -2.94. The fraction of sp³-hybridized carbons (Fsp3) is 0.333. The number of hydrogen-bond acceptors (Lipinski definition) is 7. The fourth-order valence-corrected chi connectivity index (χ4v) is 4.55. The van der Waals surface area contributed by atoms with Gasteiger partial charge in [0.1, 0.15) is 5.69 Å². The summed E-state index contributed by atoms with van der Waals surface area (Å²) in [4.78, 5) is 37.5. The van der Waals surface area contributed by atoms with Gasteiger partial charge in [0.25, 0.3) is 5.56 Å². The molecule has 0 radical (unpaired) electrons. The van der Waals surface area contributed by atoms with Gasteiger partial charge in [-0.1, -0.05) is 0 Å². The zero-order chi connectivity index (χ0) is 24.2. The summed E-state index contributed by atoms with van der Waals surface area (Å²) in [5, 5.41) is 0.343. The Balaban J connectivity index is 2.21. The lowest BCUT2D eigenvalue weighted by Crippen LogP contribution is -2.43. The van der Waals surface area contributed by atoms with Gasteiger partial charge in [-0.15, -0.1) is 0 Å². The maximum atomic E-state index is 13.1. The lowest BCUT2D eigenvalue weighted by molar-refractivity contribution is -0.144. The average Bonchev–Trinajstić information content (AvgIpc) is 3.06. The topological polar surface area (TPSA) is 120 Å². The molecule has 9 nitrogen and oxygen atoms in total. The largest absolute Gasteiger partial charge is 0.431 e. The van der Waals surface area contributed by atoms with Crippen LogP contribution < -0.4 is 16.0 Å². The van der Waals surface area contributed by atoms with Gasteiger partial charge in [0.05, 0.1) is 27.8 Å². The van der Waals surface area contributed by atoms with E-state index >= 15 is 0 Å². The molecule has 3 rings (SSSR count). The second-order valence-corrected chi connectivity index (χ2v) is 10.1. The van der Waals surface area contributed by atoms with E-state index in [1.165, 1.54) is 32.0 Å². The number of alkyl halides is 3. The number of nitrogens with one attached hydrogen (secondary N) is 1. The first-order chi connectivity index (χ1) is 14.5. The molecule has 0 aliphatic carbocycles. The highest BCUT2D eigenvalue weighted by atomic mass is 32.2. The van der Waals surface area contributed by atoms with Crippen molar-refractivity contribution < 1.29 is 26.4 Å². The van der Waals surface area contributed by atoms with Gasteiger partial charge < -0.3 is 0 Å². The third kappa shape index (κ3) is 4.19. The lowest BCUT2D eigenvalue weighted by atomic mass is 9.86. The standard InChI is InChI=1S/C18H17F3N4O5S2/c1-17(2,15(27)23-32(4,29)30)14-10-7-9(5-6-11(10)31-22-14)25-13(26)8-12(18(19,20)21)24(3)16(25)28/h5-8H,1-4H3,(H,23,27). The summed E-state index contributed by atoms with van der Waals surface area (Å²) < 4.78 is 69.8. The molecular formula is C18H17F3N4O5S2. The molecule has 2 aromatic heterocycles. The monoisotopic (exact) mass is 490 g/mol. The summed E-state index contributed by atoms with van der Waals surface area (Å²) in [5.41, 5.74) is -5.05. The number of amides is 1. The van der Waals surface area contributed by atoms with Crippen molar-refractivity contribution >= 4 is 37.5 Å². The van der Waals surface area contributed by atoms with E-state index in [9.17, 15) is 36.0 Å². The summed E-state index contributed by atoms with van der Waals surface area (Å²) in [6.45, 7) is 2.88. The number of carbonyl (C=O) groups is 1. The van der Waals surface area contributed by atoms with Gasteiger partial charge in [0, 0.05) is 18.5 Å². The van der Waals surface area contributed by atoms with Crippen LogP contribution in [0.5, 0.6) is 0 Å². The van der Waals surface area contributed by atoms with Crippen molar-refractivity contribution in [2.75, 3.05) is 6.26 Å². The van der Waals surface area contributed by atoms with Crippen LogP contribution >= 0.6 is 11.5 Å². The summed E-state index contributed by atoms with van der Waals surface area (Å²) >= 11 is 0.999. The molecule has 172 valence electrons. The van der Waals surface area contributed by atoms with Crippen LogP contribution in [0.1, 0.15) is 25.2 Å². The predicted octanol–water partition coefficient (Wildman–Crippen LogP) is 1.52. The first kappa shape index (κ1) is 23.7. The Bertz CT molecular complexity index is 1470. The van der Waals surface area contributed by atoms with Crippen molar-refractivity contribution in [1.29, 1.82) is 0 Å². The van der Waals surface area contributed by atoms with Crippen molar-refractivity contribution in [2.45, 2.75) is 25.4 Å². The van der Waals surface area contributed by atoms with E-state index in [1.807, 2.05) is 4.72 Å². The highest BCUT2D eigenvalue weighted by Gasteiger charge is 2.36. The van der Waals surface area contributed by atoms with Crippen LogP contribution in [-0.2, 0) is 33.5 Å². The van der Waals surface area contributed by atoms with E-state index in [4.69, 9.17) is 0 Å². The average molecular weight is 490 g/mol. The molecule has 32 heavy (non-hydrogen) atoms. The second kappa shape index (κ2) is 7.55.